The lowest BCUT2D eigenvalue weighted by atomic mass is 10.0. The molecule has 17 heavy (non-hydrogen) atoms. The zero-order chi connectivity index (χ0) is 13.1. The minimum Gasteiger partial charge on any atom is -0.469 e. The molecule has 2 N–H and O–H groups in total. The van der Waals surface area contributed by atoms with Crippen molar-refractivity contribution in [2.45, 2.75) is 70.5 Å². The molecule has 2 atom stereocenters. The highest BCUT2D eigenvalue weighted by molar-refractivity contribution is 5.68. The maximum absolute atomic E-state index is 10.8. The fourth-order valence-corrected chi connectivity index (χ4v) is 1.72. The van der Waals surface area contributed by atoms with Crippen molar-refractivity contribution in [1.29, 1.82) is 0 Å². The van der Waals surface area contributed by atoms with Gasteiger partial charge in [-0.1, -0.05) is 32.6 Å². The lowest BCUT2D eigenvalue weighted by Gasteiger charge is -2.15. The Labute approximate surface area is 104 Å². The summed E-state index contributed by atoms with van der Waals surface area (Å²) in [5.41, 5.74) is 0. The summed E-state index contributed by atoms with van der Waals surface area (Å²) >= 11 is 0. The van der Waals surface area contributed by atoms with E-state index in [0.29, 0.717) is 19.3 Å². The average molecular weight is 246 g/mol. The van der Waals surface area contributed by atoms with Crippen molar-refractivity contribution in [2.75, 3.05) is 7.11 Å². The van der Waals surface area contributed by atoms with Crippen LogP contribution in [0.4, 0.5) is 0 Å². The van der Waals surface area contributed by atoms with E-state index in [1.807, 2.05) is 6.92 Å². The molecule has 0 aromatic heterocycles. The van der Waals surface area contributed by atoms with Crippen molar-refractivity contribution < 1.29 is 19.7 Å². The molecule has 0 aromatic carbocycles. The summed E-state index contributed by atoms with van der Waals surface area (Å²) in [4.78, 5) is 10.8. The lowest BCUT2D eigenvalue weighted by molar-refractivity contribution is -0.140. The van der Waals surface area contributed by atoms with E-state index < -0.39 is 12.2 Å². The van der Waals surface area contributed by atoms with Crippen LogP contribution in [-0.4, -0.2) is 35.5 Å². The van der Waals surface area contributed by atoms with E-state index in [1.165, 1.54) is 7.11 Å². The van der Waals surface area contributed by atoms with Crippen LogP contribution < -0.4 is 0 Å². The standard InChI is InChI=1S/C13H26O4/c1-3-11(14)12(15)9-7-5-4-6-8-10-13(16)17-2/h11-12,14-15H,3-10H2,1-2H3/t11-,12+/m1/s1. The van der Waals surface area contributed by atoms with Crippen LogP contribution in [0.15, 0.2) is 0 Å². The average Bonchev–Trinajstić information content (AvgIpc) is 2.35. The van der Waals surface area contributed by atoms with Crippen LogP contribution in [0.5, 0.6) is 0 Å². The molecule has 0 rings (SSSR count). The number of esters is 1. The lowest BCUT2D eigenvalue weighted by Crippen LogP contribution is -2.24. The molecule has 0 fully saturated rings. The van der Waals surface area contributed by atoms with E-state index in [2.05, 4.69) is 4.74 Å². The summed E-state index contributed by atoms with van der Waals surface area (Å²) in [7, 11) is 1.41. The summed E-state index contributed by atoms with van der Waals surface area (Å²) in [6.07, 6.45) is 5.48. The van der Waals surface area contributed by atoms with E-state index >= 15 is 0 Å². The number of aliphatic hydroxyl groups excluding tert-OH is 2. The maximum Gasteiger partial charge on any atom is 0.305 e. The Bertz CT molecular complexity index is 194. The number of unbranched alkanes of at least 4 members (excludes halogenated alkanes) is 4. The number of rotatable bonds is 10. The molecule has 0 heterocycles. The Morgan fingerprint density at radius 3 is 2.24 bits per heavy atom. The molecule has 0 aromatic rings. The minimum absolute atomic E-state index is 0.147. The smallest absolute Gasteiger partial charge is 0.305 e. The van der Waals surface area contributed by atoms with Crippen molar-refractivity contribution in [2.24, 2.45) is 0 Å². The van der Waals surface area contributed by atoms with E-state index in [-0.39, 0.29) is 5.97 Å². The van der Waals surface area contributed by atoms with Crippen LogP contribution in [0, 0.1) is 0 Å². The third-order valence-electron chi connectivity index (χ3n) is 2.97. The molecule has 0 saturated heterocycles. The second-order valence-electron chi connectivity index (χ2n) is 4.43. The Morgan fingerprint density at radius 2 is 1.65 bits per heavy atom. The van der Waals surface area contributed by atoms with Crippen molar-refractivity contribution in [3.05, 3.63) is 0 Å². The third kappa shape index (κ3) is 9.12. The second kappa shape index (κ2) is 10.5. The molecule has 4 nitrogen and oxygen atoms in total. The monoisotopic (exact) mass is 246 g/mol. The molecule has 0 unspecified atom stereocenters. The largest absolute Gasteiger partial charge is 0.469 e. The van der Waals surface area contributed by atoms with Gasteiger partial charge in [-0.25, -0.2) is 0 Å². The van der Waals surface area contributed by atoms with Crippen molar-refractivity contribution in [3.8, 4) is 0 Å². The fraction of sp³-hybridized carbons (Fsp3) is 0.923. The van der Waals surface area contributed by atoms with Gasteiger partial charge in [0, 0.05) is 6.42 Å². The van der Waals surface area contributed by atoms with Crippen LogP contribution in [0.25, 0.3) is 0 Å². The molecule has 0 aliphatic heterocycles. The number of aliphatic hydroxyl groups is 2. The number of ether oxygens (including phenoxy) is 1. The molecule has 0 radical (unpaired) electrons. The van der Waals surface area contributed by atoms with Gasteiger partial charge in [0.2, 0.25) is 0 Å². The first-order chi connectivity index (χ1) is 8.11. The molecule has 0 amide bonds. The summed E-state index contributed by atoms with van der Waals surface area (Å²) in [6.45, 7) is 1.86. The molecule has 0 saturated carbocycles. The highest BCUT2D eigenvalue weighted by atomic mass is 16.5. The van der Waals surface area contributed by atoms with E-state index in [1.54, 1.807) is 0 Å². The number of carbonyl (C=O) groups excluding carboxylic acids is 1. The molecule has 0 spiro atoms. The van der Waals surface area contributed by atoms with Gasteiger partial charge < -0.3 is 14.9 Å². The number of carbonyl (C=O) groups is 1. The maximum atomic E-state index is 10.8. The van der Waals surface area contributed by atoms with Crippen molar-refractivity contribution in [3.63, 3.8) is 0 Å². The SMILES string of the molecule is CC[C@@H](O)[C@@H](O)CCCCCCCC(=O)OC. The van der Waals surface area contributed by atoms with Crippen LogP contribution in [0.2, 0.25) is 0 Å². The van der Waals surface area contributed by atoms with Gasteiger partial charge in [-0.3, -0.25) is 4.79 Å². The van der Waals surface area contributed by atoms with Crippen molar-refractivity contribution >= 4 is 5.97 Å². The first-order valence-corrected chi connectivity index (χ1v) is 6.54. The Morgan fingerprint density at radius 1 is 1.06 bits per heavy atom. The van der Waals surface area contributed by atoms with Crippen LogP contribution >= 0.6 is 0 Å². The van der Waals surface area contributed by atoms with Crippen LogP contribution in [0.3, 0.4) is 0 Å². The Balaban J connectivity index is 3.26. The number of hydrogen-bond acceptors (Lipinski definition) is 4. The molecule has 4 heteroatoms. The first kappa shape index (κ1) is 16.4. The van der Waals surface area contributed by atoms with Gasteiger partial charge in [0.1, 0.15) is 0 Å². The van der Waals surface area contributed by atoms with Gasteiger partial charge in [0.25, 0.3) is 0 Å². The normalized spacial score (nSPS) is 14.4. The number of hydrogen-bond donors (Lipinski definition) is 2. The number of methoxy groups -OCH3 is 1. The summed E-state index contributed by atoms with van der Waals surface area (Å²) in [5, 5.41) is 18.9. The molecule has 0 aliphatic carbocycles. The van der Waals surface area contributed by atoms with Gasteiger partial charge in [0.05, 0.1) is 19.3 Å². The molecule has 0 bridgehead atoms. The molecular weight excluding hydrogens is 220 g/mol. The predicted molar refractivity (Wildman–Crippen MR) is 66.6 cm³/mol. The third-order valence-corrected chi connectivity index (χ3v) is 2.97. The van der Waals surface area contributed by atoms with Gasteiger partial charge >= 0.3 is 5.97 Å². The summed E-state index contributed by atoms with van der Waals surface area (Å²) < 4.78 is 4.55. The highest BCUT2D eigenvalue weighted by Crippen LogP contribution is 2.11. The predicted octanol–water partition coefficient (Wildman–Crippen LogP) is 2.02. The van der Waals surface area contributed by atoms with E-state index in [0.717, 1.165) is 32.1 Å². The highest BCUT2D eigenvalue weighted by Gasteiger charge is 2.12. The molecule has 102 valence electrons. The van der Waals surface area contributed by atoms with Gasteiger partial charge in [-0.15, -0.1) is 0 Å². The van der Waals surface area contributed by atoms with Gasteiger partial charge in [0.15, 0.2) is 0 Å². The molecule has 0 aliphatic rings. The van der Waals surface area contributed by atoms with E-state index in [9.17, 15) is 15.0 Å². The quantitative estimate of drug-likeness (QED) is 0.457. The Kier molecular flexibility index (Phi) is 10.2. The van der Waals surface area contributed by atoms with E-state index in [4.69, 9.17) is 0 Å². The minimum atomic E-state index is -0.589. The summed E-state index contributed by atoms with van der Waals surface area (Å²) in [5.74, 6) is -0.147. The van der Waals surface area contributed by atoms with Gasteiger partial charge in [-0.05, 0) is 19.3 Å². The van der Waals surface area contributed by atoms with Gasteiger partial charge in [-0.2, -0.15) is 0 Å². The van der Waals surface area contributed by atoms with Crippen LogP contribution in [0.1, 0.15) is 58.3 Å². The van der Waals surface area contributed by atoms with Crippen molar-refractivity contribution in [1.82, 2.24) is 0 Å². The topological polar surface area (TPSA) is 66.8 Å². The fourth-order valence-electron chi connectivity index (χ4n) is 1.72. The Hall–Kier alpha value is -0.610. The summed E-state index contributed by atoms with van der Waals surface area (Å²) in [6, 6.07) is 0. The molecular formula is C13H26O4. The first-order valence-electron chi connectivity index (χ1n) is 6.54. The zero-order valence-corrected chi connectivity index (χ0v) is 11.0. The second-order valence-corrected chi connectivity index (χ2v) is 4.43. The zero-order valence-electron chi connectivity index (χ0n) is 11.0. The van der Waals surface area contributed by atoms with Crippen LogP contribution in [-0.2, 0) is 9.53 Å².